The van der Waals surface area contributed by atoms with Crippen LogP contribution in [0.15, 0.2) is 33.7 Å². The van der Waals surface area contributed by atoms with E-state index in [9.17, 15) is 14.4 Å². The van der Waals surface area contributed by atoms with E-state index in [4.69, 9.17) is 4.52 Å². The Labute approximate surface area is 198 Å². The van der Waals surface area contributed by atoms with Crippen molar-refractivity contribution < 1.29 is 14.1 Å². The smallest absolute Gasteiger partial charge is 0.279 e. The third kappa shape index (κ3) is 3.87. The van der Waals surface area contributed by atoms with Crippen LogP contribution in [0, 0.1) is 13.8 Å². The fourth-order valence-electron chi connectivity index (χ4n) is 3.98. The van der Waals surface area contributed by atoms with E-state index < -0.39 is 5.91 Å². The lowest BCUT2D eigenvalue weighted by molar-refractivity contribution is 0.0734. The zero-order valence-electron chi connectivity index (χ0n) is 18.9. The van der Waals surface area contributed by atoms with Gasteiger partial charge in [0.15, 0.2) is 10.8 Å². The predicted octanol–water partition coefficient (Wildman–Crippen LogP) is 2.93. The Morgan fingerprint density at radius 3 is 2.79 bits per heavy atom. The standard InChI is InChI=1S/C23H22N6O4S/c1-4-28-10-15(19(30)14-6-5-12(2)24-20(14)28)22(32)29-8-7-16-18(11-29)34-23(25-16)26-21(31)17-9-13(3)33-27-17/h5-6,9-10H,4,7-8,11H2,1-3H3,(H,25,26,31). The molecule has 0 saturated heterocycles. The fourth-order valence-corrected chi connectivity index (χ4v) is 5.00. The number of carbonyl (C=O) groups is 2. The third-order valence-electron chi connectivity index (χ3n) is 5.73. The molecule has 4 aromatic heterocycles. The van der Waals surface area contributed by atoms with Crippen molar-refractivity contribution in [3.05, 3.63) is 67.9 Å². The van der Waals surface area contributed by atoms with Gasteiger partial charge in [-0.2, -0.15) is 0 Å². The van der Waals surface area contributed by atoms with Gasteiger partial charge in [0.05, 0.1) is 17.6 Å². The van der Waals surface area contributed by atoms with E-state index >= 15 is 0 Å². The topological polar surface area (TPSA) is 123 Å². The summed E-state index contributed by atoms with van der Waals surface area (Å²) in [7, 11) is 0. The molecule has 11 heteroatoms. The normalized spacial score (nSPS) is 13.2. The molecule has 0 spiro atoms. The number of nitrogens with zero attached hydrogens (tertiary/aromatic N) is 5. The van der Waals surface area contributed by atoms with Crippen molar-refractivity contribution in [2.24, 2.45) is 0 Å². The van der Waals surface area contributed by atoms with Gasteiger partial charge in [-0.15, -0.1) is 0 Å². The summed E-state index contributed by atoms with van der Waals surface area (Å²) in [5, 5.41) is 7.32. The van der Waals surface area contributed by atoms with Crippen molar-refractivity contribution >= 4 is 39.3 Å². The molecule has 174 valence electrons. The number of amides is 2. The molecule has 0 fully saturated rings. The first-order valence-corrected chi connectivity index (χ1v) is 11.7. The summed E-state index contributed by atoms with van der Waals surface area (Å²) in [6.07, 6.45) is 2.14. The van der Waals surface area contributed by atoms with Crippen LogP contribution >= 0.6 is 11.3 Å². The molecule has 4 aromatic rings. The Balaban J connectivity index is 1.39. The zero-order chi connectivity index (χ0) is 24.0. The first kappa shape index (κ1) is 22.0. The minimum absolute atomic E-state index is 0.128. The van der Waals surface area contributed by atoms with Crippen molar-refractivity contribution in [2.75, 3.05) is 11.9 Å². The van der Waals surface area contributed by atoms with Crippen LogP contribution in [0.2, 0.25) is 0 Å². The van der Waals surface area contributed by atoms with Gasteiger partial charge in [0, 0.05) is 42.3 Å². The van der Waals surface area contributed by atoms with Gasteiger partial charge in [0.2, 0.25) is 5.43 Å². The second-order valence-electron chi connectivity index (χ2n) is 8.12. The minimum atomic E-state index is -0.406. The highest BCUT2D eigenvalue weighted by Gasteiger charge is 2.28. The Bertz CT molecular complexity index is 1500. The summed E-state index contributed by atoms with van der Waals surface area (Å²) >= 11 is 1.31. The van der Waals surface area contributed by atoms with E-state index in [2.05, 4.69) is 20.4 Å². The van der Waals surface area contributed by atoms with Crippen molar-refractivity contribution in [1.29, 1.82) is 0 Å². The number of aromatic nitrogens is 4. The highest BCUT2D eigenvalue weighted by Crippen LogP contribution is 2.29. The Morgan fingerprint density at radius 1 is 1.24 bits per heavy atom. The van der Waals surface area contributed by atoms with Crippen molar-refractivity contribution in [1.82, 2.24) is 24.6 Å². The van der Waals surface area contributed by atoms with Gasteiger partial charge in [-0.1, -0.05) is 16.5 Å². The first-order valence-electron chi connectivity index (χ1n) is 10.9. The molecule has 0 saturated carbocycles. The Kier molecular flexibility index (Phi) is 5.48. The summed E-state index contributed by atoms with van der Waals surface area (Å²) in [6.45, 7) is 6.86. The molecule has 0 aromatic carbocycles. The van der Waals surface area contributed by atoms with Crippen LogP contribution in [0.1, 0.15) is 49.8 Å². The SMILES string of the molecule is CCn1cc(C(=O)N2CCc3nc(NC(=O)c4cc(C)on4)sc3C2)c(=O)c2ccc(C)nc21. The molecule has 0 atom stereocenters. The number of nitrogens with one attached hydrogen (secondary N) is 1. The highest BCUT2D eigenvalue weighted by atomic mass is 32.1. The lowest BCUT2D eigenvalue weighted by Crippen LogP contribution is -2.38. The fraction of sp³-hybridized carbons (Fsp3) is 0.304. The second-order valence-corrected chi connectivity index (χ2v) is 9.21. The Hall–Kier alpha value is -3.86. The van der Waals surface area contributed by atoms with E-state index in [0.717, 1.165) is 16.3 Å². The van der Waals surface area contributed by atoms with Crippen LogP contribution in [-0.4, -0.2) is 43.0 Å². The Morgan fingerprint density at radius 2 is 2.06 bits per heavy atom. The van der Waals surface area contributed by atoms with Gasteiger partial charge in [0.25, 0.3) is 11.8 Å². The molecule has 5 heterocycles. The number of aryl methyl sites for hydroxylation is 3. The zero-order valence-corrected chi connectivity index (χ0v) is 19.7. The van der Waals surface area contributed by atoms with E-state index in [-0.39, 0.29) is 22.6 Å². The molecular weight excluding hydrogens is 456 g/mol. The lowest BCUT2D eigenvalue weighted by Gasteiger charge is -2.26. The van der Waals surface area contributed by atoms with E-state index in [1.54, 1.807) is 36.2 Å². The predicted molar refractivity (Wildman–Crippen MR) is 126 cm³/mol. The van der Waals surface area contributed by atoms with Gasteiger partial charge >= 0.3 is 0 Å². The van der Waals surface area contributed by atoms with Gasteiger partial charge < -0.3 is 14.0 Å². The molecular formula is C23H22N6O4S. The molecule has 1 N–H and O–H groups in total. The average molecular weight is 479 g/mol. The summed E-state index contributed by atoms with van der Waals surface area (Å²) in [4.78, 5) is 50.4. The number of hydrogen-bond donors (Lipinski definition) is 1. The van der Waals surface area contributed by atoms with Crippen LogP contribution in [0.5, 0.6) is 0 Å². The van der Waals surface area contributed by atoms with Crippen LogP contribution in [0.25, 0.3) is 11.0 Å². The maximum atomic E-state index is 13.4. The summed E-state index contributed by atoms with van der Waals surface area (Å²) in [5.74, 6) is -0.187. The highest BCUT2D eigenvalue weighted by molar-refractivity contribution is 7.15. The number of carbonyl (C=O) groups excluding carboxylic acids is 2. The van der Waals surface area contributed by atoms with Crippen molar-refractivity contribution in [3.63, 3.8) is 0 Å². The minimum Gasteiger partial charge on any atom is -0.361 e. The molecule has 0 aliphatic carbocycles. The van der Waals surface area contributed by atoms with Gasteiger partial charge in [0.1, 0.15) is 17.0 Å². The summed E-state index contributed by atoms with van der Waals surface area (Å²) < 4.78 is 6.77. The van der Waals surface area contributed by atoms with Crippen LogP contribution in [0.4, 0.5) is 5.13 Å². The van der Waals surface area contributed by atoms with E-state index in [1.807, 2.05) is 18.4 Å². The number of hydrogen-bond acceptors (Lipinski definition) is 8. The van der Waals surface area contributed by atoms with Gasteiger partial charge in [-0.25, -0.2) is 9.97 Å². The number of thiazole rings is 1. The molecule has 0 unspecified atom stereocenters. The molecule has 10 nitrogen and oxygen atoms in total. The van der Waals surface area contributed by atoms with Gasteiger partial charge in [-0.05, 0) is 32.9 Å². The maximum absolute atomic E-state index is 13.4. The van der Waals surface area contributed by atoms with E-state index in [1.165, 1.54) is 11.3 Å². The first-order chi connectivity index (χ1) is 16.3. The third-order valence-corrected chi connectivity index (χ3v) is 6.73. The van der Waals surface area contributed by atoms with Crippen LogP contribution < -0.4 is 10.7 Å². The number of anilines is 1. The second kappa shape index (κ2) is 8.49. The molecule has 1 aliphatic rings. The van der Waals surface area contributed by atoms with Crippen molar-refractivity contribution in [2.45, 2.75) is 40.3 Å². The van der Waals surface area contributed by atoms with E-state index in [0.29, 0.717) is 48.0 Å². The number of pyridine rings is 2. The molecule has 0 radical (unpaired) electrons. The largest absolute Gasteiger partial charge is 0.361 e. The molecule has 2 amide bonds. The monoisotopic (exact) mass is 478 g/mol. The number of rotatable bonds is 4. The quantitative estimate of drug-likeness (QED) is 0.478. The molecule has 0 bridgehead atoms. The lowest BCUT2D eigenvalue weighted by atomic mass is 10.1. The number of fused-ring (bicyclic) bond motifs is 2. The molecule has 5 rings (SSSR count). The summed E-state index contributed by atoms with van der Waals surface area (Å²) in [5.41, 5.74) is 2.21. The van der Waals surface area contributed by atoms with Gasteiger partial charge in [-0.3, -0.25) is 19.7 Å². The summed E-state index contributed by atoms with van der Waals surface area (Å²) in [6, 6.07) is 5.05. The van der Waals surface area contributed by atoms with Crippen molar-refractivity contribution in [3.8, 4) is 0 Å². The molecule has 1 aliphatic heterocycles. The molecule has 34 heavy (non-hydrogen) atoms. The average Bonchev–Trinajstić information content (AvgIpc) is 3.43. The van der Waals surface area contributed by atoms with Crippen LogP contribution in [-0.2, 0) is 19.5 Å². The van der Waals surface area contributed by atoms with Crippen LogP contribution in [0.3, 0.4) is 0 Å². The maximum Gasteiger partial charge on any atom is 0.279 e.